The molecule has 0 unspecified atom stereocenters. The van der Waals surface area contributed by atoms with E-state index in [1.165, 1.54) is 0 Å². The van der Waals surface area contributed by atoms with E-state index in [-0.39, 0.29) is 17.1 Å². The number of hydrogen-bond donors (Lipinski definition) is 2. The monoisotopic (exact) mass is 285 g/mol. The highest BCUT2D eigenvalue weighted by atomic mass is 16.4. The second-order valence-corrected chi connectivity index (χ2v) is 7.59. The summed E-state index contributed by atoms with van der Waals surface area (Å²) in [6, 6.07) is 0.0981. The van der Waals surface area contributed by atoms with Crippen LogP contribution in [0, 0.1) is 0 Å². The summed E-state index contributed by atoms with van der Waals surface area (Å²) in [4.78, 5) is 15.3. The summed E-state index contributed by atoms with van der Waals surface area (Å²) in [7, 11) is 4.03. The van der Waals surface area contributed by atoms with Crippen molar-refractivity contribution in [3.05, 3.63) is 0 Å². The van der Waals surface area contributed by atoms with Crippen molar-refractivity contribution in [2.24, 2.45) is 0 Å². The summed E-state index contributed by atoms with van der Waals surface area (Å²) in [6.45, 7) is 10.1. The second kappa shape index (κ2) is 6.31. The molecule has 0 bridgehead atoms. The molecule has 1 aliphatic rings. The van der Waals surface area contributed by atoms with Crippen LogP contribution in [0.2, 0.25) is 0 Å². The fraction of sp³-hybridized carbons (Fsp3) is 0.933. The maximum atomic E-state index is 11.6. The number of hydrogen-bond acceptors (Lipinski definition) is 3. The van der Waals surface area contributed by atoms with Gasteiger partial charge in [0.2, 0.25) is 0 Å². The molecular weight excluding hydrogens is 254 g/mol. The van der Waals surface area contributed by atoms with E-state index in [1.54, 1.807) is 4.90 Å². The average Bonchev–Trinajstić information content (AvgIpc) is 2.18. The van der Waals surface area contributed by atoms with Gasteiger partial charge in [-0.2, -0.15) is 0 Å². The Balaban J connectivity index is 2.73. The van der Waals surface area contributed by atoms with E-state index in [9.17, 15) is 9.90 Å². The maximum absolute atomic E-state index is 11.6. The van der Waals surface area contributed by atoms with Gasteiger partial charge in [-0.3, -0.25) is 0 Å². The van der Waals surface area contributed by atoms with Gasteiger partial charge in [-0.1, -0.05) is 0 Å². The third-order valence-electron chi connectivity index (χ3n) is 3.86. The highest BCUT2D eigenvalue weighted by Crippen LogP contribution is 2.31. The molecule has 20 heavy (non-hydrogen) atoms. The van der Waals surface area contributed by atoms with Crippen LogP contribution in [0.4, 0.5) is 4.79 Å². The van der Waals surface area contributed by atoms with Crippen LogP contribution in [0.15, 0.2) is 0 Å². The number of piperidine rings is 1. The van der Waals surface area contributed by atoms with E-state index < -0.39 is 6.09 Å². The zero-order valence-electron chi connectivity index (χ0n) is 13.9. The Hall–Kier alpha value is -0.810. The summed E-state index contributed by atoms with van der Waals surface area (Å²) >= 11 is 0. The van der Waals surface area contributed by atoms with E-state index in [0.717, 1.165) is 25.8 Å². The summed E-state index contributed by atoms with van der Waals surface area (Å²) in [5.41, 5.74) is -0.0523. The minimum atomic E-state index is -0.790. The molecule has 0 aromatic rings. The Kier molecular flexibility index (Phi) is 5.44. The average molecular weight is 285 g/mol. The van der Waals surface area contributed by atoms with Crippen molar-refractivity contribution >= 4 is 6.09 Å². The number of amides is 1. The highest BCUT2D eigenvalue weighted by molar-refractivity contribution is 5.65. The lowest BCUT2D eigenvalue weighted by atomic mass is 9.79. The van der Waals surface area contributed by atoms with Gasteiger partial charge in [-0.15, -0.1) is 0 Å². The van der Waals surface area contributed by atoms with E-state index >= 15 is 0 Å². The molecule has 0 aromatic heterocycles. The summed E-state index contributed by atoms with van der Waals surface area (Å²) in [5, 5.41) is 13.1. The Labute approximate surface area is 123 Å². The van der Waals surface area contributed by atoms with E-state index in [0.29, 0.717) is 6.54 Å². The molecule has 1 amide bonds. The first kappa shape index (κ1) is 17.2. The van der Waals surface area contributed by atoms with E-state index in [4.69, 9.17) is 0 Å². The summed E-state index contributed by atoms with van der Waals surface area (Å²) in [5.74, 6) is 0. The molecule has 0 atom stereocenters. The first-order valence-corrected chi connectivity index (χ1v) is 7.46. The Bertz CT molecular complexity index is 324. The molecule has 1 fully saturated rings. The van der Waals surface area contributed by atoms with Crippen LogP contribution in [0.1, 0.15) is 47.0 Å². The van der Waals surface area contributed by atoms with Gasteiger partial charge in [-0.25, -0.2) is 4.79 Å². The third kappa shape index (κ3) is 5.29. The van der Waals surface area contributed by atoms with Gasteiger partial charge in [0.15, 0.2) is 0 Å². The largest absolute Gasteiger partial charge is 0.465 e. The summed E-state index contributed by atoms with van der Waals surface area (Å²) < 4.78 is 0. The number of carboxylic acid groups (broad SMARTS) is 1. The molecule has 0 radical (unpaired) electrons. The minimum Gasteiger partial charge on any atom is -0.465 e. The molecule has 5 heteroatoms. The predicted octanol–water partition coefficient (Wildman–Crippen LogP) is 2.23. The van der Waals surface area contributed by atoms with Crippen LogP contribution < -0.4 is 5.32 Å². The van der Waals surface area contributed by atoms with Crippen molar-refractivity contribution in [3.63, 3.8) is 0 Å². The van der Waals surface area contributed by atoms with Crippen molar-refractivity contribution in [3.8, 4) is 0 Å². The normalized spacial score (nSPS) is 21.9. The molecule has 0 aliphatic carbocycles. The molecule has 1 rings (SSSR count). The lowest BCUT2D eigenvalue weighted by molar-refractivity contribution is 0.0612. The van der Waals surface area contributed by atoms with Crippen molar-refractivity contribution < 1.29 is 9.90 Å². The predicted molar refractivity (Wildman–Crippen MR) is 82.2 cm³/mol. The van der Waals surface area contributed by atoms with Crippen LogP contribution in [0.3, 0.4) is 0 Å². The molecular formula is C15H31N3O2. The lowest BCUT2D eigenvalue weighted by Crippen LogP contribution is -2.62. The molecule has 0 aromatic carbocycles. The highest BCUT2D eigenvalue weighted by Gasteiger charge is 2.41. The summed E-state index contributed by atoms with van der Waals surface area (Å²) in [6.07, 6.45) is 1.82. The van der Waals surface area contributed by atoms with Crippen molar-refractivity contribution in [2.75, 3.05) is 27.2 Å². The molecule has 118 valence electrons. The van der Waals surface area contributed by atoms with Crippen molar-refractivity contribution in [1.82, 2.24) is 15.1 Å². The minimum absolute atomic E-state index is 0.0261. The van der Waals surface area contributed by atoms with Gasteiger partial charge >= 0.3 is 6.09 Å². The molecule has 1 aliphatic heterocycles. The van der Waals surface area contributed by atoms with Gasteiger partial charge in [-0.05, 0) is 67.6 Å². The molecule has 0 saturated carbocycles. The van der Waals surface area contributed by atoms with E-state index in [2.05, 4.69) is 37.9 Å². The number of nitrogens with one attached hydrogen (secondary N) is 1. The molecule has 1 heterocycles. The second-order valence-electron chi connectivity index (χ2n) is 7.59. The van der Waals surface area contributed by atoms with Crippen LogP contribution in [-0.2, 0) is 0 Å². The van der Waals surface area contributed by atoms with Gasteiger partial charge < -0.3 is 20.2 Å². The van der Waals surface area contributed by atoms with Gasteiger partial charge in [0.25, 0.3) is 0 Å². The van der Waals surface area contributed by atoms with Crippen LogP contribution in [0.25, 0.3) is 0 Å². The molecule has 0 spiro atoms. The Morgan fingerprint density at radius 1 is 1.15 bits per heavy atom. The zero-order valence-corrected chi connectivity index (χ0v) is 13.9. The Morgan fingerprint density at radius 2 is 1.65 bits per heavy atom. The first-order valence-electron chi connectivity index (χ1n) is 7.46. The van der Waals surface area contributed by atoms with Crippen LogP contribution in [-0.4, -0.2) is 65.3 Å². The fourth-order valence-corrected chi connectivity index (χ4v) is 3.48. The lowest BCUT2D eigenvalue weighted by Gasteiger charge is -2.49. The quantitative estimate of drug-likeness (QED) is 0.813. The first-order chi connectivity index (χ1) is 9.02. The van der Waals surface area contributed by atoms with Crippen LogP contribution in [0.5, 0.6) is 0 Å². The molecule has 1 saturated heterocycles. The standard InChI is InChI=1S/C15H31N3O2/c1-14(2)10-12(11-15(3,4)16-14)18(13(19)20)9-7-8-17(5)6/h12,16H,7-11H2,1-6H3,(H,19,20). The molecule has 5 nitrogen and oxygen atoms in total. The van der Waals surface area contributed by atoms with E-state index in [1.807, 2.05) is 14.1 Å². The van der Waals surface area contributed by atoms with Gasteiger partial charge in [0.05, 0.1) is 0 Å². The number of rotatable bonds is 5. The SMILES string of the molecule is CN(C)CCCN(C(=O)O)C1CC(C)(C)NC(C)(C)C1. The number of nitrogens with zero attached hydrogens (tertiary/aromatic N) is 2. The zero-order chi connectivity index (χ0) is 15.6. The smallest absolute Gasteiger partial charge is 0.407 e. The topological polar surface area (TPSA) is 55.8 Å². The fourth-order valence-electron chi connectivity index (χ4n) is 3.48. The molecule has 2 N–H and O–H groups in total. The maximum Gasteiger partial charge on any atom is 0.407 e. The third-order valence-corrected chi connectivity index (χ3v) is 3.86. The van der Waals surface area contributed by atoms with Gasteiger partial charge in [0, 0.05) is 23.7 Å². The van der Waals surface area contributed by atoms with Crippen LogP contribution >= 0.6 is 0 Å². The van der Waals surface area contributed by atoms with Crippen molar-refractivity contribution in [2.45, 2.75) is 64.1 Å². The number of carbonyl (C=O) groups is 1. The van der Waals surface area contributed by atoms with Crippen molar-refractivity contribution in [1.29, 1.82) is 0 Å². The van der Waals surface area contributed by atoms with Gasteiger partial charge in [0.1, 0.15) is 0 Å². The Morgan fingerprint density at radius 3 is 2.05 bits per heavy atom.